The van der Waals surface area contributed by atoms with Gasteiger partial charge >= 0.3 is 0 Å². The second-order valence-electron chi connectivity index (χ2n) is 8.95. The highest BCUT2D eigenvalue weighted by Gasteiger charge is 2.59. The van der Waals surface area contributed by atoms with Gasteiger partial charge in [0.1, 0.15) is 0 Å². The lowest BCUT2D eigenvalue weighted by Gasteiger charge is -2.58. The number of carbonyl (C=O) groups excluding carboxylic acids is 1. The Balaban J connectivity index is 1.72. The molecule has 3 fully saturated rings. The first-order valence-corrected chi connectivity index (χ1v) is 8.97. The second kappa shape index (κ2) is 4.45. The molecule has 0 aliphatic heterocycles. The summed E-state index contributed by atoms with van der Waals surface area (Å²) in [4.78, 5) is 11.9. The molecule has 0 unspecified atom stereocenters. The van der Waals surface area contributed by atoms with Crippen LogP contribution in [0.15, 0.2) is 11.6 Å². The van der Waals surface area contributed by atoms with Crippen molar-refractivity contribution in [3.8, 4) is 0 Å². The minimum absolute atomic E-state index is 0.190. The molecule has 0 amide bonds. The van der Waals surface area contributed by atoms with E-state index in [2.05, 4.69) is 13.8 Å². The van der Waals surface area contributed by atoms with E-state index in [1.807, 2.05) is 0 Å². The number of ketones is 1. The minimum atomic E-state index is -2.16. The van der Waals surface area contributed by atoms with Gasteiger partial charge in [-0.15, -0.1) is 0 Å². The van der Waals surface area contributed by atoms with Crippen LogP contribution in [-0.2, 0) is 4.79 Å². The number of carbonyl (C=O) groups is 1. The van der Waals surface area contributed by atoms with Crippen LogP contribution in [0, 0.1) is 28.6 Å². The quantitative estimate of drug-likeness (QED) is 0.676. The molecule has 4 aliphatic carbocycles. The van der Waals surface area contributed by atoms with Crippen LogP contribution >= 0.6 is 0 Å². The summed E-state index contributed by atoms with van der Waals surface area (Å²) in [5.74, 6) is -0.659. The van der Waals surface area contributed by atoms with E-state index in [0.717, 1.165) is 12.3 Å². The fraction of sp³-hybridized carbons (Fsp3) is 0.842. The predicted octanol–water partition coefficient (Wildman–Crippen LogP) is 3.20. The first-order chi connectivity index (χ1) is 10.3. The number of hydrogen-bond acceptors (Lipinski definition) is 3. The second-order valence-corrected chi connectivity index (χ2v) is 8.95. The van der Waals surface area contributed by atoms with Gasteiger partial charge in [-0.3, -0.25) is 4.79 Å². The molecule has 3 nitrogen and oxygen atoms in total. The summed E-state index contributed by atoms with van der Waals surface area (Å²) in [5, 5.41) is 20.3. The van der Waals surface area contributed by atoms with Crippen molar-refractivity contribution >= 4 is 5.78 Å². The lowest BCUT2D eigenvalue weighted by atomic mass is 9.47. The van der Waals surface area contributed by atoms with Gasteiger partial charge in [-0.05, 0) is 73.2 Å². The topological polar surface area (TPSA) is 57.5 Å². The largest absolute Gasteiger partial charge is 0.359 e. The SMILES string of the molecule is C[C@@]12CCC[C@H]1[C@@H]1CCC3=CC(=O)C(O)(O)C[C@]3(C)[C@H]1CC2. The van der Waals surface area contributed by atoms with Crippen LogP contribution < -0.4 is 0 Å². The molecular formula is C19H28O3. The molecule has 0 aromatic heterocycles. The van der Waals surface area contributed by atoms with Crippen molar-refractivity contribution in [1.82, 2.24) is 0 Å². The standard InChI is InChI=1S/C19H28O3/c1-17-8-3-4-14(17)13-6-5-12-10-16(20)19(21,22)11-18(12,2)15(13)7-9-17/h10,13-15,21-22H,3-9,11H2,1-2H3/t13-,14-,15-,17-,18-/m0/s1. The van der Waals surface area contributed by atoms with E-state index >= 15 is 0 Å². The van der Waals surface area contributed by atoms with E-state index in [1.54, 1.807) is 6.08 Å². The van der Waals surface area contributed by atoms with E-state index in [1.165, 1.54) is 44.1 Å². The summed E-state index contributed by atoms with van der Waals surface area (Å²) in [6.45, 7) is 4.66. The highest BCUT2D eigenvalue weighted by Crippen LogP contribution is 2.65. The van der Waals surface area contributed by atoms with Crippen LogP contribution in [0.25, 0.3) is 0 Å². The van der Waals surface area contributed by atoms with Crippen molar-refractivity contribution in [2.75, 3.05) is 0 Å². The van der Waals surface area contributed by atoms with Crippen molar-refractivity contribution in [3.63, 3.8) is 0 Å². The van der Waals surface area contributed by atoms with Crippen molar-refractivity contribution in [3.05, 3.63) is 11.6 Å². The van der Waals surface area contributed by atoms with Gasteiger partial charge in [0.15, 0.2) is 0 Å². The van der Waals surface area contributed by atoms with Crippen molar-refractivity contribution in [1.29, 1.82) is 0 Å². The first-order valence-electron chi connectivity index (χ1n) is 8.97. The van der Waals surface area contributed by atoms with Gasteiger partial charge in [0.2, 0.25) is 11.6 Å². The monoisotopic (exact) mass is 304 g/mol. The number of allylic oxidation sites excluding steroid dienone is 1. The molecule has 0 bridgehead atoms. The lowest BCUT2D eigenvalue weighted by Crippen LogP contribution is -2.55. The summed E-state index contributed by atoms with van der Waals surface area (Å²) in [6.07, 6.45) is 10.4. The van der Waals surface area contributed by atoms with Crippen molar-refractivity contribution in [2.45, 2.75) is 71.0 Å². The molecule has 3 heteroatoms. The summed E-state index contributed by atoms with van der Waals surface area (Å²) in [5.41, 5.74) is 1.49. The smallest absolute Gasteiger partial charge is 0.228 e. The summed E-state index contributed by atoms with van der Waals surface area (Å²) < 4.78 is 0. The van der Waals surface area contributed by atoms with Gasteiger partial charge in [-0.25, -0.2) is 0 Å². The average Bonchev–Trinajstić information content (AvgIpc) is 2.82. The van der Waals surface area contributed by atoms with Crippen LogP contribution in [0.2, 0.25) is 0 Å². The van der Waals surface area contributed by atoms with Crippen molar-refractivity contribution < 1.29 is 15.0 Å². The van der Waals surface area contributed by atoms with Crippen LogP contribution in [0.1, 0.15) is 65.2 Å². The van der Waals surface area contributed by atoms with E-state index in [4.69, 9.17) is 0 Å². The molecule has 4 aliphatic rings. The first kappa shape index (κ1) is 14.9. The zero-order valence-electron chi connectivity index (χ0n) is 13.8. The minimum Gasteiger partial charge on any atom is -0.359 e. The Labute approximate surface area is 132 Å². The van der Waals surface area contributed by atoms with E-state index in [9.17, 15) is 15.0 Å². The molecule has 5 atom stereocenters. The number of hydrogen-bond donors (Lipinski definition) is 2. The predicted molar refractivity (Wildman–Crippen MR) is 83.9 cm³/mol. The summed E-state index contributed by atoms with van der Waals surface area (Å²) in [7, 11) is 0. The number of aliphatic hydroxyl groups is 2. The van der Waals surface area contributed by atoms with Gasteiger partial charge in [0, 0.05) is 6.42 Å². The Morgan fingerprint density at radius 3 is 2.64 bits per heavy atom. The molecule has 2 N–H and O–H groups in total. The molecule has 4 rings (SSSR count). The van der Waals surface area contributed by atoms with Crippen LogP contribution in [0.3, 0.4) is 0 Å². The van der Waals surface area contributed by atoms with Crippen LogP contribution in [0.5, 0.6) is 0 Å². The molecule has 0 aromatic carbocycles. The van der Waals surface area contributed by atoms with Gasteiger partial charge < -0.3 is 10.2 Å². The molecule has 122 valence electrons. The van der Waals surface area contributed by atoms with Crippen LogP contribution in [0.4, 0.5) is 0 Å². The number of fused-ring (bicyclic) bond motifs is 5. The Hall–Kier alpha value is -0.670. The van der Waals surface area contributed by atoms with Crippen molar-refractivity contribution in [2.24, 2.45) is 28.6 Å². The fourth-order valence-electron chi connectivity index (χ4n) is 6.67. The third-order valence-electron chi connectivity index (χ3n) is 7.83. The Morgan fingerprint density at radius 2 is 1.86 bits per heavy atom. The van der Waals surface area contributed by atoms with E-state index < -0.39 is 11.6 Å². The zero-order valence-corrected chi connectivity index (χ0v) is 13.8. The number of rotatable bonds is 0. The van der Waals surface area contributed by atoms with Gasteiger partial charge in [0.25, 0.3) is 0 Å². The summed E-state index contributed by atoms with van der Waals surface area (Å²) in [6, 6.07) is 0. The third-order valence-corrected chi connectivity index (χ3v) is 7.83. The molecular weight excluding hydrogens is 276 g/mol. The highest BCUT2D eigenvalue weighted by molar-refractivity contribution is 5.97. The molecule has 0 saturated heterocycles. The third kappa shape index (κ3) is 1.85. The molecule has 0 radical (unpaired) electrons. The fourth-order valence-corrected chi connectivity index (χ4v) is 6.67. The van der Waals surface area contributed by atoms with Gasteiger partial charge in [-0.1, -0.05) is 25.8 Å². The van der Waals surface area contributed by atoms with Crippen LogP contribution in [-0.4, -0.2) is 21.8 Å². The average molecular weight is 304 g/mol. The molecule has 0 spiro atoms. The maximum absolute atomic E-state index is 11.9. The Kier molecular flexibility index (Phi) is 3.01. The Bertz CT molecular complexity index is 549. The Morgan fingerprint density at radius 1 is 1.09 bits per heavy atom. The normalized spacial score (nSPS) is 49.9. The molecule has 3 saturated carbocycles. The van der Waals surface area contributed by atoms with E-state index in [0.29, 0.717) is 17.3 Å². The molecule has 0 heterocycles. The maximum Gasteiger partial charge on any atom is 0.228 e. The van der Waals surface area contributed by atoms with Gasteiger partial charge in [-0.2, -0.15) is 0 Å². The van der Waals surface area contributed by atoms with E-state index in [-0.39, 0.29) is 11.8 Å². The lowest BCUT2D eigenvalue weighted by molar-refractivity contribution is -0.199. The zero-order chi connectivity index (χ0) is 15.8. The van der Waals surface area contributed by atoms with Gasteiger partial charge in [0.05, 0.1) is 0 Å². The molecule has 22 heavy (non-hydrogen) atoms. The summed E-state index contributed by atoms with van der Waals surface area (Å²) >= 11 is 0. The maximum atomic E-state index is 11.9. The molecule has 0 aromatic rings. The highest BCUT2D eigenvalue weighted by atomic mass is 16.5.